The van der Waals surface area contributed by atoms with E-state index in [0.29, 0.717) is 23.3 Å². The van der Waals surface area contributed by atoms with Crippen LogP contribution in [0.3, 0.4) is 0 Å². The van der Waals surface area contributed by atoms with Gasteiger partial charge >= 0.3 is 5.97 Å². The normalized spacial score (nSPS) is 22.6. The molecule has 2 atom stereocenters. The lowest BCUT2D eigenvalue weighted by molar-refractivity contribution is 0.0697. The molecule has 0 bridgehead atoms. The second-order valence-electron chi connectivity index (χ2n) is 4.49. The lowest BCUT2D eigenvalue weighted by atomic mass is 10.2. The molecule has 1 saturated carbocycles. The van der Waals surface area contributed by atoms with Crippen LogP contribution in [0.25, 0.3) is 11.5 Å². The molecule has 0 aromatic carbocycles. The van der Waals surface area contributed by atoms with Gasteiger partial charge in [-0.3, -0.25) is 5.10 Å². The fourth-order valence-electron chi connectivity index (χ4n) is 2.04. The number of nitrogens with one attached hydrogen (secondary N) is 1. The summed E-state index contributed by atoms with van der Waals surface area (Å²) in [5, 5.41) is 15.4. The van der Waals surface area contributed by atoms with Crippen LogP contribution in [-0.2, 0) is 0 Å². The number of hydrogen-bond donors (Lipinski definition) is 2. The van der Waals surface area contributed by atoms with Crippen LogP contribution >= 0.6 is 0 Å². The number of nitrogens with zero attached hydrogens (tertiary/aromatic N) is 1. The van der Waals surface area contributed by atoms with Gasteiger partial charge in [0.05, 0.1) is 6.20 Å². The molecule has 2 aromatic heterocycles. The highest BCUT2D eigenvalue weighted by atomic mass is 16.4. The smallest absolute Gasteiger partial charge is 0.339 e. The standard InChI is InChI=1S/C12H12N2O3/c1-6-4-7(6)9-2-3-10(17-9)11-8(12(15)16)5-13-14-11/h2-3,5-7H,4H2,1H3,(H,13,14)(H,15,16). The van der Waals surface area contributed by atoms with Crippen molar-refractivity contribution in [1.82, 2.24) is 10.2 Å². The predicted molar refractivity (Wildman–Crippen MR) is 59.8 cm³/mol. The summed E-state index contributed by atoms with van der Waals surface area (Å²) < 4.78 is 5.68. The van der Waals surface area contributed by atoms with Gasteiger partial charge in [0.1, 0.15) is 17.0 Å². The molecule has 0 saturated heterocycles. The highest BCUT2D eigenvalue weighted by Crippen LogP contribution is 2.48. The Morgan fingerprint density at radius 2 is 2.35 bits per heavy atom. The molecule has 0 aliphatic heterocycles. The molecule has 2 heterocycles. The molecule has 1 aliphatic carbocycles. The lowest BCUT2D eigenvalue weighted by Gasteiger charge is -1.95. The molecule has 2 N–H and O–H groups in total. The van der Waals surface area contributed by atoms with E-state index >= 15 is 0 Å². The molecule has 2 unspecified atom stereocenters. The van der Waals surface area contributed by atoms with Crippen molar-refractivity contribution < 1.29 is 14.3 Å². The van der Waals surface area contributed by atoms with Crippen molar-refractivity contribution in [3.05, 3.63) is 29.7 Å². The highest BCUT2D eigenvalue weighted by molar-refractivity contribution is 5.93. The predicted octanol–water partition coefficient (Wildman–Crippen LogP) is 2.49. The molecule has 0 spiro atoms. The molecule has 17 heavy (non-hydrogen) atoms. The summed E-state index contributed by atoms with van der Waals surface area (Å²) in [6, 6.07) is 3.70. The number of carboxylic acid groups (broad SMARTS) is 1. The number of aromatic amines is 1. The number of H-pyrrole nitrogens is 1. The quantitative estimate of drug-likeness (QED) is 0.852. The van der Waals surface area contributed by atoms with Gasteiger partial charge in [0.2, 0.25) is 0 Å². The average molecular weight is 232 g/mol. The van der Waals surface area contributed by atoms with Gasteiger partial charge < -0.3 is 9.52 Å². The van der Waals surface area contributed by atoms with Gasteiger partial charge in [-0.25, -0.2) is 4.79 Å². The summed E-state index contributed by atoms with van der Waals surface area (Å²) in [5.74, 6) is 1.61. The van der Waals surface area contributed by atoms with Crippen molar-refractivity contribution in [2.75, 3.05) is 0 Å². The SMILES string of the molecule is CC1CC1c1ccc(-c2[nH]ncc2C(=O)O)o1. The molecule has 0 amide bonds. The molecule has 2 aromatic rings. The number of carbonyl (C=O) groups is 1. The zero-order valence-corrected chi connectivity index (χ0v) is 9.30. The van der Waals surface area contributed by atoms with E-state index in [4.69, 9.17) is 9.52 Å². The van der Waals surface area contributed by atoms with Crippen LogP contribution in [0.1, 0.15) is 35.4 Å². The topological polar surface area (TPSA) is 79.1 Å². The van der Waals surface area contributed by atoms with Gasteiger partial charge in [-0.05, 0) is 24.5 Å². The third-order valence-corrected chi connectivity index (χ3v) is 3.22. The average Bonchev–Trinajstić information content (AvgIpc) is 2.77. The van der Waals surface area contributed by atoms with Crippen LogP contribution < -0.4 is 0 Å². The molecule has 1 fully saturated rings. The van der Waals surface area contributed by atoms with Crippen LogP contribution in [0.15, 0.2) is 22.7 Å². The highest BCUT2D eigenvalue weighted by Gasteiger charge is 2.36. The summed E-state index contributed by atoms with van der Waals surface area (Å²) in [6.45, 7) is 2.17. The summed E-state index contributed by atoms with van der Waals surface area (Å²) in [7, 11) is 0. The van der Waals surface area contributed by atoms with E-state index in [1.807, 2.05) is 6.07 Å². The molecule has 5 nitrogen and oxygen atoms in total. The van der Waals surface area contributed by atoms with Crippen LogP contribution in [0, 0.1) is 5.92 Å². The van der Waals surface area contributed by atoms with E-state index in [2.05, 4.69) is 17.1 Å². The van der Waals surface area contributed by atoms with Crippen molar-refractivity contribution in [3.8, 4) is 11.5 Å². The molecular weight excluding hydrogens is 220 g/mol. The Bertz CT molecular complexity index is 570. The number of aromatic carboxylic acids is 1. The number of rotatable bonds is 3. The van der Waals surface area contributed by atoms with Crippen molar-refractivity contribution in [2.45, 2.75) is 19.3 Å². The van der Waals surface area contributed by atoms with Gasteiger partial charge in [0.25, 0.3) is 0 Å². The van der Waals surface area contributed by atoms with E-state index in [0.717, 1.165) is 12.2 Å². The van der Waals surface area contributed by atoms with E-state index in [9.17, 15) is 4.79 Å². The van der Waals surface area contributed by atoms with Gasteiger partial charge in [0.15, 0.2) is 5.76 Å². The molecule has 1 aliphatic rings. The Morgan fingerprint density at radius 1 is 1.59 bits per heavy atom. The molecule has 0 radical (unpaired) electrons. The monoisotopic (exact) mass is 232 g/mol. The zero-order valence-electron chi connectivity index (χ0n) is 9.30. The number of furan rings is 1. The van der Waals surface area contributed by atoms with Gasteiger partial charge in [-0.1, -0.05) is 6.92 Å². The van der Waals surface area contributed by atoms with Crippen molar-refractivity contribution in [2.24, 2.45) is 5.92 Å². The van der Waals surface area contributed by atoms with Crippen molar-refractivity contribution in [1.29, 1.82) is 0 Å². The maximum atomic E-state index is 11.0. The Labute approximate surface area is 97.5 Å². The second kappa shape index (κ2) is 3.48. The maximum absolute atomic E-state index is 11.0. The lowest BCUT2D eigenvalue weighted by Crippen LogP contribution is -1.95. The first-order valence-electron chi connectivity index (χ1n) is 5.53. The van der Waals surface area contributed by atoms with Crippen LogP contribution in [0.4, 0.5) is 0 Å². The van der Waals surface area contributed by atoms with E-state index in [1.54, 1.807) is 6.07 Å². The Balaban J connectivity index is 1.95. The minimum atomic E-state index is -1.01. The van der Waals surface area contributed by atoms with Crippen molar-refractivity contribution in [3.63, 3.8) is 0 Å². The first kappa shape index (κ1) is 10.1. The zero-order chi connectivity index (χ0) is 12.0. The van der Waals surface area contributed by atoms with Crippen molar-refractivity contribution >= 4 is 5.97 Å². The fraction of sp³-hybridized carbons (Fsp3) is 0.333. The van der Waals surface area contributed by atoms with E-state index in [-0.39, 0.29) is 5.56 Å². The van der Waals surface area contributed by atoms with Crippen LogP contribution in [0.5, 0.6) is 0 Å². The number of aromatic nitrogens is 2. The molecular formula is C12H12N2O3. The Morgan fingerprint density at radius 3 is 3.00 bits per heavy atom. The van der Waals surface area contributed by atoms with E-state index < -0.39 is 5.97 Å². The summed E-state index contributed by atoms with van der Waals surface area (Å²) in [6.07, 6.45) is 2.43. The van der Waals surface area contributed by atoms with E-state index in [1.165, 1.54) is 6.20 Å². The third kappa shape index (κ3) is 1.63. The minimum Gasteiger partial charge on any atom is -0.478 e. The Kier molecular flexibility index (Phi) is 2.07. The first-order valence-corrected chi connectivity index (χ1v) is 5.53. The first-order chi connectivity index (χ1) is 8.16. The number of carboxylic acids is 1. The van der Waals surface area contributed by atoms with Gasteiger partial charge in [-0.15, -0.1) is 0 Å². The van der Waals surface area contributed by atoms with Gasteiger partial charge in [-0.2, -0.15) is 5.10 Å². The minimum absolute atomic E-state index is 0.134. The molecule has 3 rings (SSSR count). The third-order valence-electron chi connectivity index (χ3n) is 3.22. The van der Waals surface area contributed by atoms with Crippen LogP contribution in [0.2, 0.25) is 0 Å². The fourth-order valence-corrected chi connectivity index (χ4v) is 2.04. The maximum Gasteiger partial charge on any atom is 0.339 e. The summed E-state index contributed by atoms with van der Waals surface area (Å²) in [4.78, 5) is 11.0. The number of hydrogen-bond acceptors (Lipinski definition) is 3. The second-order valence-corrected chi connectivity index (χ2v) is 4.49. The summed E-state index contributed by atoms with van der Waals surface area (Å²) in [5.41, 5.74) is 0.562. The van der Waals surface area contributed by atoms with Crippen LogP contribution in [-0.4, -0.2) is 21.3 Å². The largest absolute Gasteiger partial charge is 0.478 e. The Hall–Kier alpha value is -2.04. The van der Waals surface area contributed by atoms with Gasteiger partial charge in [0, 0.05) is 5.92 Å². The molecule has 88 valence electrons. The molecule has 5 heteroatoms. The summed E-state index contributed by atoms with van der Waals surface area (Å²) >= 11 is 0.